The van der Waals surface area contributed by atoms with Gasteiger partial charge in [-0.15, -0.1) is 0 Å². The smallest absolute Gasteiger partial charge is 0.250 e. The predicted molar refractivity (Wildman–Crippen MR) is 142 cm³/mol. The molecule has 1 aliphatic carbocycles. The van der Waals surface area contributed by atoms with Crippen molar-refractivity contribution in [3.8, 4) is 16.8 Å². The number of nitrogens with two attached hydrogens (primary N) is 1. The van der Waals surface area contributed by atoms with Gasteiger partial charge in [-0.25, -0.2) is 4.68 Å². The summed E-state index contributed by atoms with van der Waals surface area (Å²) in [7, 11) is 0. The molecule has 2 aromatic carbocycles. The molecule has 0 spiro atoms. The normalized spacial score (nSPS) is 15.7. The van der Waals surface area contributed by atoms with Crippen molar-refractivity contribution in [2.75, 3.05) is 18.5 Å². The molecular formula is C29H29N5O2. The first kappa shape index (κ1) is 22.5. The topological polar surface area (TPSA) is 95.1 Å². The fourth-order valence-corrected chi connectivity index (χ4v) is 5.29. The Morgan fingerprint density at radius 2 is 2.03 bits per heavy atom. The molecule has 1 aliphatic heterocycles. The number of hydrogen-bond donors (Lipinski definition) is 2. The highest BCUT2D eigenvalue weighted by Crippen LogP contribution is 2.34. The van der Waals surface area contributed by atoms with Crippen LogP contribution in [0, 0.1) is 6.92 Å². The number of primary amides is 1. The van der Waals surface area contributed by atoms with Crippen molar-refractivity contribution < 1.29 is 9.53 Å². The number of nitrogens with zero attached hydrogens (tertiary/aromatic N) is 3. The maximum absolute atomic E-state index is 12.2. The second-order valence-corrected chi connectivity index (χ2v) is 9.52. The minimum absolute atomic E-state index is 0.236. The molecule has 0 radical (unpaired) electrons. The van der Waals surface area contributed by atoms with Crippen LogP contribution < -0.4 is 11.1 Å². The molecular weight excluding hydrogens is 450 g/mol. The third-order valence-corrected chi connectivity index (χ3v) is 7.14. The molecule has 0 unspecified atom stereocenters. The van der Waals surface area contributed by atoms with Gasteiger partial charge in [-0.05, 0) is 74.1 Å². The van der Waals surface area contributed by atoms with E-state index in [2.05, 4.69) is 41.7 Å². The summed E-state index contributed by atoms with van der Waals surface area (Å²) >= 11 is 0. The minimum atomic E-state index is -0.450. The van der Waals surface area contributed by atoms with Crippen LogP contribution in [-0.2, 0) is 11.2 Å². The summed E-state index contributed by atoms with van der Waals surface area (Å²) in [4.78, 5) is 16.9. The number of carbonyl (C=O) groups excluding carboxylic acids is 1. The first-order chi connectivity index (χ1) is 17.6. The fourth-order valence-electron chi connectivity index (χ4n) is 5.29. The lowest BCUT2D eigenvalue weighted by Gasteiger charge is -2.25. The van der Waals surface area contributed by atoms with Crippen LogP contribution in [-0.4, -0.2) is 39.9 Å². The summed E-state index contributed by atoms with van der Waals surface area (Å²) < 4.78 is 7.43. The van der Waals surface area contributed by atoms with E-state index in [1.165, 1.54) is 5.56 Å². The van der Waals surface area contributed by atoms with Crippen LogP contribution in [0.2, 0.25) is 0 Å². The lowest BCUT2D eigenvalue weighted by atomic mass is 9.96. The van der Waals surface area contributed by atoms with Gasteiger partial charge in [0.05, 0.1) is 22.5 Å². The number of nitrogens with one attached hydrogen (secondary N) is 1. The molecule has 0 atom stereocenters. The molecule has 3 N–H and O–H groups in total. The van der Waals surface area contributed by atoms with Gasteiger partial charge in [-0.3, -0.25) is 9.78 Å². The number of amides is 1. The highest BCUT2D eigenvalue weighted by Gasteiger charge is 2.20. The number of fused-ring (bicyclic) bond motifs is 2. The standard InChI is InChI=1S/C29H29N5O2/c1-18-28-23(20-15-19-5-2-3-7-25(19)31-17-20)6-4-8-27(28)34(33-18)22-9-10-24(29(30)35)26(16-22)32-21-11-13-36-14-12-21/h2,4-6,8-10,15-17,21,32H,3,7,11-14H2,1H3,(H2,30,35). The Bertz CT molecular complexity index is 1500. The zero-order valence-electron chi connectivity index (χ0n) is 20.3. The van der Waals surface area contributed by atoms with E-state index in [0.717, 1.165) is 70.5 Å². The first-order valence-corrected chi connectivity index (χ1v) is 12.5. The van der Waals surface area contributed by atoms with Crippen molar-refractivity contribution in [3.05, 3.63) is 77.3 Å². The summed E-state index contributed by atoms with van der Waals surface area (Å²) in [6.07, 6.45) is 10.2. The maximum atomic E-state index is 12.2. The van der Waals surface area contributed by atoms with E-state index in [0.29, 0.717) is 18.8 Å². The molecule has 4 aromatic rings. The zero-order chi connectivity index (χ0) is 24.6. The molecule has 36 heavy (non-hydrogen) atoms. The number of anilines is 1. The molecule has 1 saturated heterocycles. The van der Waals surface area contributed by atoms with Crippen molar-refractivity contribution in [1.82, 2.24) is 14.8 Å². The summed E-state index contributed by atoms with van der Waals surface area (Å²) in [5.41, 5.74) is 14.3. The Morgan fingerprint density at radius 3 is 2.86 bits per heavy atom. The van der Waals surface area contributed by atoms with E-state index >= 15 is 0 Å². The summed E-state index contributed by atoms with van der Waals surface area (Å²) in [5.74, 6) is -0.450. The molecule has 0 saturated carbocycles. The quantitative estimate of drug-likeness (QED) is 0.418. The van der Waals surface area contributed by atoms with Crippen molar-refractivity contribution in [2.45, 2.75) is 38.6 Å². The number of aromatic nitrogens is 3. The monoisotopic (exact) mass is 479 g/mol. The molecule has 0 bridgehead atoms. The summed E-state index contributed by atoms with van der Waals surface area (Å²) in [6, 6.07) is 14.4. The fraction of sp³-hybridized carbons (Fsp3) is 0.276. The highest BCUT2D eigenvalue weighted by atomic mass is 16.5. The van der Waals surface area contributed by atoms with Gasteiger partial charge in [-0.1, -0.05) is 24.3 Å². The Morgan fingerprint density at radius 1 is 1.17 bits per heavy atom. The Balaban J connectivity index is 1.44. The van der Waals surface area contributed by atoms with Crippen LogP contribution in [0.25, 0.3) is 33.8 Å². The molecule has 2 aromatic heterocycles. The summed E-state index contributed by atoms with van der Waals surface area (Å²) in [5, 5.41) is 9.53. The van der Waals surface area contributed by atoms with Crippen LogP contribution in [0.15, 0.2) is 54.7 Å². The van der Waals surface area contributed by atoms with Gasteiger partial charge in [0.1, 0.15) is 0 Å². The number of allylic oxidation sites excluding steroid dienone is 1. The number of hydrogen-bond acceptors (Lipinski definition) is 5. The molecule has 3 heterocycles. The lowest BCUT2D eigenvalue weighted by molar-refractivity contribution is 0.0904. The minimum Gasteiger partial charge on any atom is -0.381 e. The van der Waals surface area contributed by atoms with Crippen LogP contribution in [0.1, 0.15) is 46.6 Å². The van der Waals surface area contributed by atoms with Crippen LogP contribution in [0.5, 0.6) is 0 Å². The number of ether oxygens (including phenoxy) is 1. The molecule has 182 valence electrons. The zero-order valence-corrected chi connectivity index (χ0v) is 20.3. The van der Waals surface area contributed by atoms with Gasteiger partial charge in [0, 0.05) is 47.8 Å². The van der Waals surface area contributed by atoms with Gasteiger partial charge in [0.2, 0.25) is 0 Å². The second-order valence-electron chi connectivity index (χ2n) is 9.52. The Hall–Kier alpha value is -3.97. The molecule has 1 amide bonds. The largest absolute Gasteiger partial charge is 0.381 e. The molecule has 7 heteroatoms. The van der Waals surface area contributed by atoms with E-state index in [9.17, 15) is 4.79 Å². The third kappa shape index (κ3) is 4.05. The van der Waals surface area contributed by atoms with E-state index in [1.54, 1.807) is 6.07 Å². The number of rotatable bonds is 5. The van der Waals surface area contributed by atoms with E-state index in [4.69, 9.17) is 20.6 Å². The van der Waals surface area contributed by atoms with E-state index in [-0.39, 0.29) is 6.04 Å². The average molecular weight is 480 g/mol. The Labute approximate surface area is 210 Å². The Kier molecular flexibility index (Phi) is 5.77. The van der Waals surface area contributed by atoms with Crippen LogP contribution in [0.4, 0.5) is 5.69 Å². The van der Waals surface area contributed by atoms with E-state index in [1.807, 2.05) is 29.9 Å². The van der Waals surface area contributed by atoms with Crippen molar-refractivity contribution in [3.63, 3.8) is 0 Å². The van der Waals surface area contributed by atoms with Gasteiger partial charge >= 0.3 is 0 Å². The van der Waals surface area contributed by atoms with Crippen molar-refractivity contribution >= 4 is 28.6 Å². The van der Waals surface area contributed by atoms with Crippen LogP contribution >= 0.6 is 0 Å². The van der Waals surface area contributed by atoms with Crippen LogP contribution in [0.3, 0.4) is 0 Å². The third-order valence-electron chi connectivity index (χ3n) is 7.14. The second kappa shape index (κ2) is 9.24. The SMILES string of the molecule is Cc1nn(-c2ccc(C(N)=O)c(NC3CCOCC3)c2)c2cccc(-c3cnc4c(c3)C=CCC4)c12. The lowest BCUT2D eigenvalue weighted by Crippen LogP contribution is -2.29. The van der Waals surface area contributed by atoms with E-state index < -0.39 is 5.91 Å². The number of pyridine rings is 1. The maximum Gasteiger partial charge on any atom is 0.250 e. The molecule has 6 rings (SSSR count). The number of benzene rings is 2. The molecule has 1 fully saturated rings. The highest BCUT2D eigenvalue weighted by molar-refractivity contribution is 6.00. The van der Waals surface area contributed by atoms with Gasteiger partial charge in [0.25, 0.3) is 5.91 Å². The van der Waals surface area contributed by atoms with Crippen molar-refractivity contribution in [2.24, 2.45) is 5.73 Å². The van der Waals surface area contributed by atoms with Gasteiger partial charge in [-0.2, -0.15) is 5.10 Å². The molecule has 7 nitrogen and oxygen atoms in total. The average Bonchev–Trinajstić information content (AvgIpc) is 3.25. The number of aryl methyl sites for hydroxylation is 2. The van der Waals surface area contributed by atoms with Crippen molar-refractivity contribution in [1.29, 1.82) is 0 Å². The predicted octanol–water partition coefficient (Wildman–Crippen LogP) is 5.05. The number of carbonyl (C=O) groups is 1. The first-order valence-electron chi connectivity index (χ1n) is 12.5. The van der Waals surface area contributed by atoms with Gasteiger partial charge in [0.15, 0.2) is 0 Å². The van der Waals surface area contributed by atoms with Gasteiger partial charge < -0.3 is 15.8 Å². The molecule has 2 aliphatic rings. The summed E-state index contributed by atoms with van der Waals surface area (Å²) in [6.45, 7) is 3.46.